The molecule has 1 N–H and O–H groups in total. The molecule has 238 valence electrons. The van der Waals surface area contributed by atoms with Crippen LogP contribution < -0.4 is 9.64 Å². The number of rotatable bonds is 12. The largest absolute Gasteiger partial charge is 0.505 e. The minimum Gasteiger partial charge on any atom is -0.505 e. The van der Waals surface area contributed by atoms with Crippen LogP contribution in [0, 0.1) is 23.1 Å². The molecule has 5 rings (SSSR count). The molecule has 0 amide bonds. The summed E-state index contributed by atoms with van der Waals surface area (Å²) in [4.78, 5) is 17.3. The number of anilines is 1. The quantitative estimate of drug-likeness (QED) is 0.168. The second kappa shape index (κ2) is 14.4. The Balaban J connectivity index is 1.69. The predicted molar refractivity (Wildman–Crippen MR) is 176 cm³/mol. The fourth-order valence-electron chi connectivity index (χ4n) is 5.78. The molecule has 0 fully saturated rings. The summed E-state index contributed by atoms with van der Waals surface area (Å²) in [5.74, 6) is 0.112. The Morgan fingerprint density at radius 3 is 2.41 bits per heavy atom. The van der Waals surface area contributed by atoms with Crippen molar-refractivity contribution in [1.82, 2.24) is 9.47 Å². The number of aromatic nitrogens is 1. The zero-order valence-electron chi connectivity index (χ0n) is 26.6. The van der Waals surface area contributed by atoms with Crippen LogP contribution in [0.5, 0.6) is 11.5 Å². The van der Waals surface area contributed by atoms with Gasteiger partial charge < -0.3 is 24.0 Å². The fourth-order valence-corrected chi connectivity index (χ4v) is 5.78. The van der Waals surface area contributed by atoms with E-state index in [0.717, 1.165) is 11.1 Å². The molecule has 9 heteroatoms. The molecule has 0 radical (unpaired) electrons. The average Bonchev–Trinajstić information content (AvgIpc) is 3.39. The Kier molecular flexibility index (Phi) is 10.1. The molecule has 1 unspecified atom stereocenters. The number of ether oxygens (including phenoxy) is 2. The van der Waals surface area contributed by atoms with Crippen molar-refractivity contribution in [3.05, 3.63) is 119 Å². The maximum Gasteiger partial charge on any atom is 0.358 e. The second-order valence-corrected chi connectivity index (χ2v) is 11.8. The number of esters is 1. The van der Waals surface area contributed by atoms with Gasteiger partial charge >= 0.3 is 5.97 Å². The van der Waals surface area contributed by atoms with E-state index in [1.165, 1.54) is 12.1 Å². The summed E-state index contributed by atoms with van der Waals surface area (Å²) in [5, 5.41) is 22.1. The van der Waals surface area contributed by atoms with Gasteiger partial charge in [0.15, 0.2) is 5.69 Å². The van der Waals surface area contributed by atoms with E-state index in [-0.39, 0.29) is 24.5 Å². The lowest BCUT2D eigenvalue weighted by Crippen LogP contribution is -2.40. The van der Waals surface area contributed by atoms with Crippen molar-refractivity contribution in [3.8, 4) is 17.6 Å². The Bertz CT molecular complexity index is 1740. The number of allylic oxidation sites excluding steroid dienone is 1. The molecule has 0 saturated heterocycles. The van der Waals surface area contributed by atoms with Crippen molar-refractivity contribution >= 4 is 17.5 Å². The van der Waals surface area contributed by atoms with Crippen molar-refractivity contribution in [3.63, 3.8) is 0 Å². The molecular formula is C37H39FN4O4. The Morgan fingerprint density at radius 2 is 1.76 bits per heavy atom. The molecule has 1 atom stereocenters. The number of halogens is 1. The van der Waals surface area contributed by atoms with E-state index in [4.69, 9.17) is 9.47 Å². The van der Waals surface area contributed by atoms with Gasteiger partial charge in [-0.15, -0.1) is 0 Å². The molecule has 1 aromatic heterocycles. The van der Waals surface area contributed by atoms with Crippen LogP contribution in [0.3, 0.4) is 0 Å². The highest BCUT2D eigenvalue weighted by atomic mass is 19.1. The second-order valence-electron chi connectivity index (χ2n) is 11.8. The SMILES string of the molecule is CCOC(=O)c1c(O)cc2n1C(Cc1ccccc1F)C(C#N)=C(c1ccc(OCC(C)C)cc1)N2CN(C)Cc1ccccc1. The molecule has 2 heterocycles. The van der Waals surface area contributed by atoms with E-state index in [0.29, 0.717) is 54.1 Å². The number of hydrogen-bond acceptors (Lipinski definition) is 7. The minimum absolute atomic E-state index is 0.0653. The normalized spacial score (nSPS) is 14.4. The van der Waals surface area contributed by atoms with Crippen LogP contribution in [0.15, 0.2) is 90.5 Å². The molecule has 0 bridgehead atoms. The van der Waals surface area contributed by atoms with E-state index in [9.17, 15) is 15.2 Å². The molecule has 0 saturated carbocycles. The molecule has 0 aliphatic carbocycles. The molecular weight excluding hydrogens is 583 g/mol. The van der Waals surface area contributed by atoms with E-state index in [2.05, 4.69) is 24.8 Å². The highest BCUT2D eigenvalue weighted by Crippen LogP contribution is 2.46. The monoisotopic (exact) mass is 622 g/mol. The van der Waals surface area contributed by atoms with Crippen LogP contribution in [-0.2, 0) is 17.7 Å². The third-order valence-corrected chi connectivity index (χ3v) is 7.79. The maximum absolute atomic E-state index is 15.1. The van der Waals surface area contributed by atoms with Crippen molar-refractivity contribution in [2.75, 3.05) is 31.8 Å². The number of fused-ring (bicyclic) bond motifs is 1. The summed E-state index contributed by atoms with van der Waals surface area (Å²) in [6.07, 6.45) is 0.0653. The van der Waals surface area contributed by atoms with Crippen LogP contribution in [0.1, 0.15) is 54.0 Å². The van der Waals surface area contributed by atoms with Crippen LogP contribution in [-0.4, -0.2) is 47.5 Å². The third kappa shape index (κ3) is 6.93. The van der Waals surface area contributed by atoms with E-state index in [1.807, 2.05) is 66.5 Å². The van der Waals surface area contributed by atoms with Gasteiger partial charge in [0.2, 0.25) is 0 Å². The first-order chi connectivity index (χ1) is 22.2. The smallest absolute Gasteiger partial charge is 0.358 e. The zero-order valence-corrected chi connectivity index (χ0v) is 26.6. The van der Waals surface area contributed by atoms with Crippen LogP contribution in [0.25, 0.3) is 5.70 Å². The summed E-state index contributed by atoms with van der Waals surface area (Å²) in [5.41, 5.74) is 3.05. The highest BCUT2D eigenvalue weighted by molar-refractivity contribution is 5.95. The number of nitrogens with zero attached hydrogens (tertiary/aromatic N) is 4. The van der Waals surface area contributed by atoms with Gasteiger partial charge in [0.05, 0.1) is 43.3 Å². The van der Waals surface area contributed by atoms with E-state index < -0.39 is 17.8 Å². The van der Waals surface area contributed by atoms with Crippen molar-refractivity contribution < 1.29 is 23.8 Å². The first-order valence-corrected chi connectivity index (χ1v) is 15.4. The Labute approximate surface area is 269 Å². The molecule has 4 aromatic rings. The van der Waals surface area contributed by atoms with Crippen molar-refractivity contribution in [2.24, 2.45) is 5.92 Å². The number of aromatic hydroxyl groups is 1. The standard InChI is InChI=1S/C37H39FN4O4/c1-5-45-37(44)36-33(43)20-34-41(24-40(4)22-26-11-7-6-8-12-26)35(27-15-17-29(18-16-27)46-23-25(2)3)30(21-39)32(42(34)36)19-28-13-9-10-14-31(28)38/h6-18,20,25,32,43H,5,19,22-24H2,1-4H3. The maximum atomic E-state index is 15.1. The predicted octanol–water partition coefficient (Wildman–Crippen LogP) is 7.17. The lowest BCUT2D eigenvalue weighted by molar-refractivity contribution is 0.0508. The third-order valence-electron chi connectivity index (χ3n) is 7.79. The topological polar surface area (TPSA) is 91.0 Å². The van der Waals surface area contributed by atoms with Gasteiger partial charge in [-0.3, -0.25) is 4.90 Å². The molecule has 1 aliphatic rings. The summed E-state index contributed by atoms with van der Waals surface area (Å²) in [6, 6.07) is 27.0. The Hall–Kier alpha value is -5.07. The summed E-state index contributed by atoms with van der Waals surface area (Å²) in [6.45, 7) is 7.41. The van der Waals surface area contributed by atoms with Crippen LogP contribution in [0.4, 0.5) is 10.2 Å². The summed E-state index contributed by atoms with van der Waals surface area (Å²) in [7, 11) is 1.96. The van der Waals surface area contributed by atoms with E-state index in [1.54, 1.807) is 29.7 Å². The number of carbonyl (C=O) groups excluding carboxylic acids is 1. The molecule has 46 heavy (non-hydrogen) atoms. The first kappa shape index (κ1) is 32.3. The lowest BCUT2D eigenvalue weighted by atomic mass is 9.92. The minimum atomic E-state index is -0.820. The van der Waals surface area contributed by atoms with Gasteiger partial charge in [0, 0.05) is 19.0 Å². The number of nitriles is 1. The van der Waals surface area contributed by atoms with Gasteiger partial charge in [0.1, 0.15) is 23.1 Å². The van der Waals surface area contributed by atoms with Crippen LogP contribution in [0.2, 0.25) is 0 Å². The first-order valence-electron chi connectivity index (χ1n) is 15.4. The molecule has 8 nitrogen and oxygen atoms in total. The van der Waals surface area contributed by atoms with Gasteiger partial charge in [-0.05, 0) is 66.9 Å². The molecule has 1 aliphatic heterocycles. The van der Waals surface area contributed by atoms with Gasteiger partial charge in [0.25, 0.3) is 0 Å². The van der Waals surface area contributed by atoms with Crippen molar-refractivity contribution in [1.29, 1.82) is 5.26 Å². The average molecular weight is 623 g/mol. The summed E-state index contributed by atoms with van der Waals surface area (Å²) >= 11 is 0. The number of carbonyl (C=O) groups is 1. The van der Waals surface area contributed by atoms with Crippen LogP contribution >= 0.6 is 0 Å². The molecule has 3 aromatic carbocycles. The zero-order chi connectivity index (χ0) is 32.8. The fraction of sp³-hybridized carbons (Fsp3) is 0.297. The Morgan fingerprint density at radius 1 is 1.07 bits per heavy atom. The summed E-state index contributed by atoms with van der Waals surface area (Å²) < 4.78 is 28.0. The van der Waals surface area contributed by atoms with Gasteiger partial charge in [-0.1, -0.05) is 62.4 Å². The van der Waals surface area contributed by atoms with Gasteiger partial charge in [-0.2, -0.15) is 5.26 Å². The number of hydrogen-bond donors (Lipinski definition) is 1. The molecule has 0 spiro atoms. The number of benzene rings is 3. The van der Waals surface area contributed by atoms with Gasteiger partial charge in [-0.25, -0.2) is 9.18 Å². The lowest BCUT2D eigenvalue weighted by Gasteiger charge is -2.40. The van der Waals surface area contributed by atoms with E-state index >= 15 is 4.39 Å². The van der Waals surface area contributed by atoms with Crippen molar-refractivity contribution in [2.45, 2.75) is 39.8 Å². The highest BCUT2D eigenvalue weighted by Gasteiger charge is 2.39.